The molecule has 5 atom stereocenters. The number of rotatable bonds is 3. The van der Waals surface area contributed by atoms with E-state index in [9.17, 15) is 5.11 Å². The Hall–Kier alpha value is -1.45. The monoisotopic (exact) mass is 494 g/mol. The van der Waals surface area contributed by atoms with Crippen LogP contribution in [-0.2, 0) is 0 Å². The summed E-state index contributed by atoms with van der Waals surface area (Å²) in [7, 11) is -9.89. The highest BCUT2D eigenvalue weighted by atomic mass is 35.7. The van der Waals surface area contributed by atoms with Crippen LogP contribution in [0.1, 0.15) is 24.5 Å². The second-order valence-corrected chi connectivity index (χ2v) is 9.09. The molecular weight excluding hydrogens is 471 g/mol. The van der Waals surface area contributed by atoms with Crippen LogP contribution in [-0.4, -0.2) is 24.2 Å². The second-order valence-electron chi connectivity index (χ2n) is 7.58. The maximum absolute atomic E-state index is 11.1. The molecule has 0 saturated carbocycles. The molecule has 3 aliphatic rings. The summed E-state index contributed by atoms with van der Waals surface area (Å²) in [6.07, 6.45) is 6.07. The Labute approximate surface area is 188 Å². The third-order valence-corrected chi connectivity index (χ3v) is 5.76. The molecule has 11 nitrogen and oxygen atoms in total. The summed E-state index contributed by atoms with van der Waals surface area (Å²) in [6.45, 7) is 6.31. The van der Waals surface area contributed by atoms with Crippen molar-refractivity contribution in [2.75, 3.05) is 13.1 Å². The lowest BCUT2D eigenvalue weighted by atomic mass is 9.73. The van der Waals surface area contributed by atoms with Gasteiger partial charge in [-0.05, 0) is 12.0 Å². The predicted molar refractivity (Wildman–Crippen MR) is 86.4 cm³/mol. The number of piperidine rings is 3. The number of fused-ring (bicyclic) bond motifs is 4. The van der Waals surface area contributed by atoms with Crippen molar-refractivity contribution in [3.8, 4) is 0 Å². The lowest BCUT2D eigenvalue weighted by Gasteiger charge is -2.47. The third kappa shape index (κ3) is 8.48. The van der Waals surface area contributed by atoms with Gasteiger partial charge in [-0.3, -0.25) is 0 Å². The summed E-state index contributed by atoms with van der Waals surface area (Å²) in [5.41, 5.74) is 2.16. The van der Waals surface area contributed by atoms with Crippen LogP contribution in [0.3, 0.4) is 0 Å². The molecule has 0 amide bonds. The number of quaternary nitrogens is 1. The number of para-hydroxylation sites is 1. The summed E-state index contributed by atoms with van der Waals surface area (Å²) in [5.74, 6) is 1.34. The van der Waals surface area contributed by atoms with Crippen LogP contribution < -0.4 is 47.2 Å². The van der Waals surface area contributed by atoms with E-state index in [0.29, 0.717) is 17.9 Å². The molecule has 4 heterocycles. The smallest absolute Gasteiger partial charge is 0.211 e. The predicted octanol–water partition coefficient (Wildman–Crippen LogP) is -8.35. The average molecular weight is 495 g/mol. The molecule has 5 rings (SSSR count). The highest BCUT2D eigenvalue weighted by Crippen LogP contribution is 2.33. The van der Waals surface area contributed by atoms with Gasteiger partial charge in [-0.2, -0.15) is 0 Å². The minimum absolute atomic E-state index is 0.320. The Kier molecular flexibility index (Phi) is 9.31. The molecular formula is C19H24Cl2N2O9. The minimum atomic E-state index is -4.94. The number of nitrogens with one attached hydrogen (secondary N) is 2. The molecule has 32 heavy (non-hydrogen) atoms. The standard InChI is InChI=1S/C19H22N2O.2ClHO4/c1-2-13-12-21-10-8-14(13)11-18(21)19(22)16-7-9-20-17-6-4-3-5-15(16)17;2*2-1(3,4)5/h2-7,9,13-14,18-19,22H,1,8,10-12H2;2*(H,2,3,4,5)/t13-,14-,18-,19+;;/m0../s1. The van der Waals surface area contributed by atoms with Crippen LogP contribution in [0.25, 0.3) is 10.9 Å². The van der Waals surface area contributed by atoms with Gasteiger partial charge < -0.3 is 10.0 Å². The first kappa shape index (κ1) is 26.8. The fourth-order valence-electron chi connectivity index (χ4n) is 4.55. The zero-order valence-electron chi connectivity index (χ0n) is 16.9. The van der Waals surface area contributed by atoms with Gasteiger partial charge >= 0.3 is 0 Å². The fourth-order valence-corrected chi connectivity index (χ4v) is 4.55. The number of hydrogen-bond donors (Lipinski definition) is 2. The summed E-state index contributed by atoms with van der Waals surface area (Å²) in [4.78, 5) is 4.82. The summed E-state index contributed by atoms with van der Waals surface area (Å²) in [6, 6.07) is 10.6. The van der Waals surface area contributed by atoms with E-state index in [1.165, 1.54) is 13.0 Å². The topological polar surface area (TPSA) is 223 Å². The number of H-pyrrole nitrogens is 1. The van der Waals surface area contributed by atoms with Gasteiger partial charge in [-0.1, -0.05) is 18.2 Å². The lowest BCUT2D eigenvalue weighted by molar-refractivity contribution is -2.00. The van der Waals surface area contributed by atoms with Crippen molar-refractivity contribution in [2.45, 2.75) is 25.0 Å². The van der Waals surface area contributed by atoms with Crippen LogP contribution in [0.5, 0.6) is 0 Å². The van der Waals surface area contributed by atoms with Crippen molar-refractivity contribution in [1.29, 1.82) is 0 Å². The zero-order chi connectivity index (χ0) is 24.1. The molecule has 1 aromatic heterocycles. The molecule has 0 aliphatic carbocycles. The van der Waals surface area contributed by atoms with Crippen LogP contribution >= 0.6 is 0 Å². The first-order valence-electron chi connectivity index (χ1n) is 9.56. The van der Waals surface area contributed by atoms with Crippen molar-refractivity contribution in [3.05, 3.63) is 54.7 Å². The molecule has 0 spiro atoms. The third-order valence-electron chi connectivity index (χ3n) is 5.76. The SMILES string of the molecule is C=C[C@H]1C[NH+]2CC[C@H]1C[C@H]2[C@H](O)c1cc[nH+]c2ccccc12.[O-][Cl+3]([O-])([O-])[O-].[O-][Cl+3]([O-])([O-])[O-]. The van der Waals surface area contributed by atoms with E-state index in [2.05, 4.69) is 29.8 Å². The van der Waals surface area contributed by atoms with Gasteiger partial charge in [0.2, 0.25) is 5.52 Å². The van der Waals surface area contributed by atoms with Crippen molar-refractivity contribution in [2.24, 2.45) is 11.8 Å². The fraction of sp³-hybridized carbons (Fsp3) is 0.421. The van der Waals surface area contributed by atoms with E-state index >= 15 is 0 Å². The Morgan fingerprint density at radius 1 is 1.03 bits per heavy atom. The Balaban J connectivity index is 0.000000308. The molecule has 1 aromatic carbocycles. The van der Waals surface area contributed by atoms with Crippen LogP contribution in [0.2, 0.25) is 0 Å². The zero-order valence-corrected chi connectivity index (χ0v) is 18.4. The second kappa shape index (κ2) is 11.1. The summed E-state index contributed by atoms with van der Waals surface area (Å²) < 4.78 is 67.9. The highest BCUT2D eigenvalue weighted by Gasteiger charge is 2.45. The molecule has 3 aliphatic heterocycles. The maximum atomic E-state index is 11.1. The van der Waals surface area contributed by atoms with Crippen LogP contribution in [0.15, 0.2) is 49.2 Å². The minimum Gasteiger partial charge on any atom is -0.382 e. The van der Waals surface area contributed by atoms with Crippen molar-refractivity contribution in [1.82, 2.24) is 0 Å². The molecule has 0 radical (unpaired) electrons. The van der Waals surface area contributed by atoms with Crippen molar-refractivity contribution in [3.63, 3.8) is 0 Å². The molecule has 2 bridgehead atoms. The largest absolute Gasteiger partial charge is 0.382 e. The van der Waals surface area contributed by atoms with Gasteiger partial charge in [-0.25, -0.2) is 42.3 Å². The number of aromatic amines is 1. The molecule has 3 fully saturated rings. The van der Waals surface area contributed by atoms with Gasteiger partial charge in [0.25, 0.3) is 0 Å². The number of benzene rings is 1. The average Bonchev–Trinajstić information content (AvgIpc) is 2.70. The first-order chi connectivity index (χ1) is 14.8. The number of aliphatic hydroxyl groups is 1. The van der Waals surface area contributed by atoms with Crippen molar-refractivity contribution >= 4 is 10.9 Å². The van der Waals surface area contributed by atoms with Crippen molar-refractivity contribution < 1.29 is 72.7 Å². The van der Waals surface area contributed by atoms with Gasteiger partial charge in [0.15, 0.2) is 6.20 Å². The van der Waals surface area contributed by atoms with E-state index in [4.69, 9.17) is 37.3 Å². The van der Waals surface area contributed by atoms with E-state index in [1.807, 2.05) is 24.4 Å². The Bertz CT molecular complexity index is 862. The number of pyridine rings is 1. The van der Waals surface area contributed by atoms with E-state index in [-0.39, 0.29) is 6.10 Å². The lowest BCUT2D eigenvalue weighted by Crippen LogP contribution is -3.20. The molecule has 3 saturated heterocycles. The maximum Gasteiger partial charge on any atom is 0.211 e. The van der Waals surface area contributed by atoms with Gasteiger partial charge in [-0.15, -0.1) is 27.1 Å². The quantitative estimate of drug-likeness (QED) is 0.385. The van der Waals surface area contributed by atoms with Gasteiger partial charge in [0.1, 0.15) is 12.1 Å². The Morgan fingerprint density at radius 3 is 2.16 bits per heavy atom. The summed E-state index contributed by atoms with van der Waals surface area (Å²) in [5, 5.41) is 12.2. The molecule has 178 valence electrons. The molecule has 2 aromatic rings. The highest BCUT2D eigenvalue weighted by molar-refractivity contribution is 5.79. The van der Waals surface area contributed by atoms with Gasteiger partial charge in [0.05, 0.1) is 18.5 Å². The van der Waals surface area contributed by atoms with Gasteiger partial charge in [0, 0.05) is 36.5 Å². The normalized spacial score (nSPS) is 25.8. The van der Waals surface area contributed by atoms with Crippen LogP contribution in [0, 0.1) is 32.3 Å². The van der Waals surface area contributed by atoms with E-state index in [1.54, 1.807) is 4.90 Å². The van der Waals surface area contributed by atoms with E-state index < -0.39 is 20.5 Å². The Morgan fingerprint density at radius 2 is 1.62 bits per heavy atom. The molecule has 3 N–H and O–H groups in total. The number of hydrogen-bond acceptors (Lipinski definition) is 9. The van der Waals surface area contributed by atoms with E-state index in [0.717, 1.165) is 29.4 Å². The van der Waals surface area contributed by atoms with Crippen LogP contribution in [0.4, 0.5) is 0 Å². The summed E-state index contributed by atoms with van der Waals surface area (Å²) >= 11 is 0. The molecule has 1 unspecified atom stereocenters. The number of halogens is 2. The number of aliphatic hydroxyl groups excluding tert-OH is 1. The number of aromatic nitrogens is 1. The molecule has 13 heteroatoms. The first-order valence-corrected chi connectivity index (χ1v) is 12.0.